The molecular formula is C75H146O17P2. The molecule has 0 aromatic carbocycles. The molecule has 0 aliphatic carbocycles. The number of aliphatic hydroxyl groups excluding tert-OH is 1. The lowest BCUT2D eigenvalue weighted by Crippen LogP contribution is -2.30. The van der Waals surface area contributed by atoms with E-state index >= 15 is 0 Å². The van der Waals surface area contributed by atoms with E-state index in [2.05, 4.69) is 34.6 Å². The van der Waals surface area contributed by atoms with E-state index in [0.29, 0.717) is 25.7 Å². The van der Waals surface area contributed by atoms with Gasteiger partial charge in [0.25, 0.3) is 0 Å². The van der Waals surface area contributed by atoms with Crippen molar-refractivity contribution in [1.82, 2.24) is 0 Å². The fourth-order valence-electron chi connectivity index (χ4n) is 11.5. The minimum absolute atomic E-state index is 0.105. The predicted octanol–water partition coefficient (Wildman–Crippen LogP) is 22.1. The Morgan fingerprint density at radius 2 is 0.489 bits per heavy atom. The fourth-order valence-corrected chi connectivity index (χ4v) is 13.1. The van der Waals surface area contributed by atoms with E-state index < -0.39 is 97.5 Å². The molecule has 5 atom stereocenters. The standard InChI is InChI=1S/C75H146O17P2/c1-6-9-12-15-17-19-21-23-25-27-28-29-30-32-34-36-41-45-50-55-60-75(80)92-71(65-86-73(78)59-54-49-44-40-35-33-31-26-24-22-20-18-16-13-10-7-2)67-90-94(83,84)88-63-69(76)62-87-93(81,82)89-66-70(64-85-72(77)58-53-47-14-11-8-3)91-74(79)61-56-51-46-42-38-37-39-43-48-52-57-68(4)5/h68-71,76H,6-67H2,1-5H3,(H,81,82)(H,83,84)/t69-,70+,71+/m0/s1. The van der Waals surface area contributed by atoms with Gasteiger partial charge in [-0.25, -0.2) is 9.13 Å². The number of carbonyl (C=O) groups excluding carboxylic acids is 4. The van der Waals surface area contributed by atoms with Crippen LogP contribution in [0.2, 0.25) is 0 Å². The molecule has 0 fully saturated rings. The Labute approximate surface area is 575 Å². The first-order valence-corrected chi connectivity index (χ1v) is 42.1. The molecule has 0 amide bonds. The van der Waals surface area contributed by atoms with Crippen LogP contribution in [-0.2, 0) is 65.4 Å². The average Bonchev–Trinajstić information content (AvgIpc) is 1.76. The number of rotatable bonds is 75. The average molecular weight is 1380 g/mol. The SMILES string of the molecule is CCCCCCCCCCCCCCCCCCCCCCC(=O)O[C@H](COC(=O)CCCCCCCCCCCCCCCCCC)COP(=O)(O)OC[C@@H](O)COP(=O)(O)OC[C@@H](COC(=O)CCCCCCC)OC(=O)CCCCCCCCCCCCC(C)C. The Morgan fingerprint density at radius 3 is 0.723 bits per heavy atom. The minimum Gasteiger partial charge on any atom is -0.462 e. The third-order valence-electron chi connectivity index (χ3n) is 17.5. The summed E-state index contributed by atoms with van der Waals surface area (Å²) in [5.74, 6) is -1.37. The van der Waals surface area contributed by atoms with Crippen LogP contribution in [0.4, 0.5) is 0 Å². The molecule has 2 unspecified atom stereocenters. The molecule has 558 valence electrons. The van der Waals surface area contributed by atoms with Gasteiger partial charge in [-0.15, -0.1) is 0 Å². The number of carbonyl (C=O) groups is 4. The highest BCUT2D eigenvalue weighted by Crippen LogP contribution is 2.45. The summed E-state index contributed by atoms with van der Waals surface area (Å²) in [7, 11) is -9.90. The first-order valence-electron chi connectivity index (χ1n) is 39.1. The van der Waals surface area contributed by atoms with E-state index in [1.165, 1.54) is 212 Å². The molecule has 0 saturated carbocycles. The van der Waals surface area contributed by atoms with Crippen molar-refractivity contribution in [2.45, 2.75) is 412 Å². The van der Waals surface area contributed by atoms with Gasteiger partial charge in [0, 0.05) is 25.7 Å². The molecule has 0 spiro atoms. The number of unbranched alkanes of at least 4 members (excludes halogenated alkanes) is 47. The zero-order chi connectivity index (χ0) is 69.1. The molecule has 17 nitrogen and oxygen atoms in total. The van der Waals surface area contributed by atoms with Crippen LogP contribution in [0.3, 0.4) is 0 Å². The molecule has 0 rings (SSSR count). The molecule has 94 heavy (non-hydrogen) atoms. The molecule has 0 aromatic rings. The van der Waals surface area contributed by atoms with Crippen molar-refractivity contribution >= 4 is 39.5 Å². The van der Waals surface area contributed by atoms with E-state index in [1.54, 1.807) is 0 Å². The number of hydrogen-bond donors (Lipinski definition) is 3. The molecule has 3 N–H and O–H groups in total. The van der Waals surface area contributed by atoms with Gasteiger partial charge >= 0.3 is 39.5 Å². The molecule has 0 saturated heterocycles. The van der Waals surface area contributed by atoms with Gasteiger partial charge in [0.15, 0.2) is 12.2 Å². The van der Waals surface area contributed by atoms with Gasteiger partial charge in [-0.05, 0) is 31.6 Å². The van der Waals surface area contributed by atoms with E-state index in [4.69, 9.17) is 37.0 Å². The Kier molecular flexibility index (Phi) is 66.8. The third kappa shape index (κ3) is 68.6. The van der Waals surface area contributed by atoms with Gasteiger partial charge in [-0.3, -0.25) is 37.3 Å². The number of esters is 4. The van der Waals surface area contributed by atoms with Gasteiger partial charge in [-0.1, -0.05) is 343 Å². The van der Waals surface area contributed by atoms with Crippen molar-refractivity contribution in [1.29, 1.82) is 0 Å². The Balaban J connectivity index is 5.13. The van der Waals surface area contributed by atoms with Crippen molar-refractivity contribution in [3.8, 4) is 0 Å². The van der Waals surface area contributed by atoms with Crippen LogP contribution in [-0.4, -0.2) is 96.7 Å². The van der Waals surface area contributed by atoms with Crippen molar-refractivity contribution in [3.63, 3.8) is 0 Å². The van der Waals surface area contributed by atoms with Crippen LogP contribution in [0.1, 0.15) is 394 Å². The van der Waals surface area contributed by atoms with Crippen LogP contribution >= 0.6 is 15.6 Å². The number of phosphoric acid groups is 2. The van der Waals surface area contributed by atoms with Crippen molar-refractivity contribution in [3.05, 3.63) is 0 Å². The zero-order valence-electron chi connectivity index (χ0n) is 61.1. The lowest BCUT2D eigenvalue weighted by molar-refractivity contribution is -0.161. The highest BCUT2D eigenvalue weighted by Gasteiger charge is 2.30. The van der Waals surface area contributed by atoms with E-state index in [1.807, 2.05) is 0 Å². The fraction of sp³-hybridized carbons (Fsp3) is 0.947. The van der Waals surface area contributed by atoms with E-state index in [0.717, 1.165) is 102 Å². The summed E-state index contributed by atoms with van der Waals surface area (Å²) in [4.78, 5) is 72.5. The monoisotopic (exact) mass is 1380 g/mol. The van der Waals surface area contributed by atoms with Crippen LogP contribution in [0.25, 0.3) is 0 Å². The van der Waals surface area contributed by atoms with E-state index in [-0.39, 0.29) is 25.7 Å². The maximum absolute atomic E-state index is 13.1. The summed E-state index contributed by atoms with van der Waals surface area (Å²) in [5.41, 5.74) is 0. The summed E-state index contributed by atoms with van der Waals surface area (Å²) < 4.78 is 68.3. The summed E-state index contributed by atoms with van der Waals surface area (Å²) in [5, 5.41) is 10.6. The van der Waals surface area contributed by atoms with Crippen molar-refractivity contribution in [2.24, 2.45) is 5.92 Å². The molecule has 0 aliphatic rings. The van der Waals surface area contributed by atoms with Crippen LogP contribution in [0, 0.1) is 5.92 Å². The zero-order valence-corrected chi connectivity index (χ0v) is 62.9. The Morgan fingerprint density at radius 1 is 0.287 bits per heavy atom. The van der Waals surface area contributed by atoms with Crippen LogP contribution < -0.4 is 0 Å². The lowest BCUT2D eigenvalue weighted by atomic mass is 10.0. The highest BCUT2D eigenvalue weighted by molar-refractivity contribution is 7.47. The second-order valence-electron chi connectivity index (χ2n) is 27.5. The Hall–Kier alpha value is -1.94. The number of ether oxygens (including phenoxy) is 4. The topological polar surface area (TPSA) is 237 Å². The second-order valence-corrected chi connectivity index (χ2v) is 30.4. The highest BCUT2D eigenvalue weighted by atomic mass is 31.2. The summed E-state index contributed by atoms with van der Waals surface area (Å²) in [6.45, 7) is 7.19. The molecular weight excluding hydrogens is 1230 g/mol. The predicted molar refractivity (Wildman–Crippen MR) is 382 cm³/mol. The largest absolute Gasteiger partial charge is 0.472 e. The van der Waals surface area contributed by atoms with Crippen molar-refractivity contribution < 1.29 is 80.2 Å². The van der Waals surface area contributed by atoms with E-state index in [9.17, 15) is 43.2 Å². The molecule has 0 bridgehead atoms. The minimum atomic E-state index is -4.95. The first-order chi connectivity index (χ1) is 45.5. The smallest absolute Gasteiger partial charge is 0.462 e. The second kappa shape index (κ2) is 68.2. The quantitative estimate of drug-likeness (QED) is 0.0222. The van der Waals surface area contributed by atoms with Gasteiger partial charge in [-0.2, -0.15) is 0 Å². The normalized spacial score (nSPS) is 14.0. The maximum Gasteiger partial charge on any atom is 0.472 e. The molecule has 0 heterocycles. The summed E-state index contributed by atoms with van der Waals surface area (Å²) >= 11 is 0. The van der Waals surface area contributed by atoms with Crippen molar-refractivity contribution in [2.75, 3.05) is 39.6 Å². The molecule has 0 radical (unpaired) electrons. The van der Waals surface area contributed by atoms with Crippen LogP contribution in [0.5, 0.6) is 0 Å². The number of phosphoric ester groups is 2. The lowest BCUT2D eigenvalue weighted by Gasteiger charge is -2.21. The molecule has 0 aliphatic heterocycles. The number of hydrogen-bond acceptors (Lipinski definition) is 15. The van der Waals surface area contributed by atoms with Crippen LogP contribution in [0.15, 0.2) is 0 Å². The van der Waals surface area contributed by atoms with Gasteiger partial charge in [0.1, 0.15) is 19.3 Å². The van der Waals surface area contributed by atoms with Gasteiger partial charge in [0.05, 0.1) is 26.4 Å². The summed E-state index contributed by atoms with van der Waals surface area (Å²) in [6.07, 6.45) is 57.4. The number of aliphatic hydroxyl groups is 1. The maximum atomic E-state index is 13.1. The molecule has 19 heteroatoms. The first kappa shape index (κ1) is 92.1. The van der Waals surface area contributed by atoms with Gasteiger partial charge in [0.2, 0.25) is 0 Å². The summed E-state index contributed by atoms with van der Waals surface area (Å²) in [6, 6.07) is 0. The Bertz CT molecular complexity index is 1810. The molecule has 0 aromatic heterocycles. The third-order valence-corrected chi connectivity index (χ3v) is 19.4. The van der Waals surface area contributed by atoms with Gasteiger partial charge < -0.3 is 33.8 Å².